The van der Waals surface area contributed by atoms with Crippen molar-refractivity contribution < 1.29 is 4.74 Å². The molecule has 30 heavy (non-hydrogen) atoms. The lowest BCUT2D eigenvalue weighted by Crippen LogP contribution is -2.40. The molecule has 0 saturated carbocycles. The summed E-state index contributed by atoms with van der Waals surface area (Å²) in [6, 6.07) is 5.99. The standard InChI is InChI=1S/C22H27N5O3/c1-13(2)10-27-20(28)18-19(24(5)22(27)29)23-21-25(11-15(4)12-26(18)21)16-9-14(3)7-8-17(16)30-6/h7-9,15H,1,10-12H2,2-6H3/t15-/m1/s1. The minimum atomic E-state index is -0.390. The molecule has 0 fully saturated rings. The first-order chi connectivity index (χ1) is 14.2. The predicted octanol–water partition coefficient (Wildman–Crippen LogP) is 2.58. The van der Waals surface area contributed by atoms with Crippen LogP contribution < -0.4 is 20.9 Å². The number of aromatic nitrogens is 4. The molecule has 0 amide bonds. The van der Waals surface area contributed by atoms with Crippen LogP contribution in [-0.2, 0) is 20.1 Å². The molecule has 1 aliphatic heterocycles. The number of methoxy groups -OCH3 is 1. The molecule has 2 aromatic heterocycles. The minimum Gasteiger partial charge on any atom is -0.495 e. The number of hydrogen-bond donors (Lipinski definition) is 0. The highest BCUT2D eigenvalue weighted by Gasteiger charge is 2.31. The molecule has 0 saturated heterocycles. The number of allylic oxidation sites excluding steroid dienone is 1. The molecule has 3 heterocycles. The number of benzene rings is 1. The van der Waals surface area contributed by atoms with Gasteiger partial charge in [0.1, 0.15) is 5.75 Å². The van der Waals surface area contributed by atoms with Gasteiger partial charge in [-0.2, -0.15) is 4.98 Å². The first-order valence-corrected chi connectivity index (χ1v) is 9.99. The van der Waals surface area contributed by atoms with Crippen molar-refractivity contribution in [1.82, 2.24) is 18.7 Å². The summed E-state index contributed by atoms with van der Waals surface area (Å²) in [5.74, 6) is 1.65. The largest absolute Gasteiger partial charge is 0.495 e. The third kappa shape index (κ3) is 3.03. The zero-order valence-electron chi connectivity index (χ0n) is 18.1. The lowest BCUT2D eigenvalue weighted by Gasteiger charge is -2.33. The molecule has 1 aliphatic rings. The van der Waals surface area contributed by atoms with E-state index in [1.165, 1.54) is 9.13 Å². The van der Waals surface area contributed by atoms with Crippen LogP contribution in [0.25, 0.3) is 11.2 Å². The second-order valence-electron chi connectivity index (χ2n) is 8.28. The van der Waals surface area contributed by atoms with Gasteiger partial charge >= 0.3 is 5.69 Å². The highest BCUT2D eigenvalue weighted by Crippen LogP contribution is 2.38. The van der Waals surface area contributed by atoms with Crippen molar-refractivity contribution in [3.05, 3.63) is 56.8 Å². The SMILES string of the molecule is C=C(C)Cn1c(=O)c2c(nc3n2C[C@H](C)CN3c2cc(C)ccc2OC)n(C)c1=O. The van der Waals surface area contributed by atoms with Gasteiger partial charge in [-0.15, -0.1) is 0 Å². The van der Waals surface area contributed by atoms with Crippen molar-refractivity contribution in [2.45, 2.75) is 33.9 Å². The first kappa shape index (κ1) is 20.0. The van der Waals surface area contributed by atoms with E-state index < -0.39 is 5.69 Å². The predicted molar refractivity (Wildman–Crippen MR) is 118 cm³/mol. The van der Waals surface area contributed by atoms with Gasteiger partial charge < -0.3 is 14.2 Å². The van der Waals surface area contributed by atoms with Crippen LogP contribution >= 0.6 is 0 Å². The van der Waals surface area contributed by atoms with Crippen LogP contribution in [0.15, 0.2) is 39.9 Å². The van der Waals surface area contributed by atoms with Gasteiger partial charge in [-0.05, 0) is 37.5 Å². The Morgan fingerprint density at radius 2 is 2.03 bits per heavy atom. The number of aryl methyl sites for hydroxylation is 2. The molecular weight excluding hydrogens is 382 g/mol. The summed E-state index contributed by atoms with van der Waals surface area (Å²) in [6.45, 7) is 11.4. The Morgan fingerprint density at radius 3 is 2.70 bits per heavy atom. The van der Waals surface area contributed by atoms with E-state index in [0.717, 1.165) is 29.1 Å². The molecule has 0 N–H and O–H groups in total. The Hall–Kier alpha value is -3.29. The van der Waals surface area contributed by atoms with Gasteiger partial charge in [-0.1, -0.05) is 25.1 Å². The normalized spacial score (nSPS) is 16.0. The summed E-state index contributed by atoms with van der Waals surface area (Å²) >= 11 is 0. The van der Waals surface area contributed by atoms with Gasteiger partial charge in [0, 0.05) is 20.1 Å². The van der Waals surface area contributed by atoms with Crippen LogP contribution in [0.1, 0.15) is 19.4 Å². The van der Waals surface area contributed by atoms with E-state index in [0.29, 0.717) is 23.7 Å². The lowest BCUT2D eigenvalue weighted by molar-refractivity contribution is 0.409. The Kier molecular flexibility index (Phi) is 4.80. The molecule has 1 atom stereocenters. The van der Waals surface area contributed by atoms with Crippen molar-refractivity contribution in [3.8, 4) is 5.75 Å². The highest BCUT2D eigenvalue weighted by atomic mass is 16.5. The molecule has 0 aliphatic carbocycles. The number of fused-ring (bicyclic) bond motifs is 3. The van der Waals surface area contributed by atoms with Gasteiger partial charge in [0.05, 0.1) is 19.3 Å². The summed E-state index contributed by atoms with van der Waals surface area (Å²) in [4.78, 5) is 32.9. The maximum absolute atomic E-state index is 13.3. The summed E-state index contributed by atoms with van der Waals surface area (Å²) in [7, 11) is 3.30. The van der Waals surface area contributed by atoms with E-state index in [1.807, 2.05) is 23.6 Å². The molecule has 8 heteroatoms. The van der Waals surface area contributed by atoms with Crippen LogP contribution in [0.3, 0.4) is 0 Å². The monoisotopic (exact) mass is 409 g/mol. The molecule has 3 aromatic rings. The number of hydrogen-bond acceptors (Lipinski definition) is 5. The Labute approximate surface area is 174 Å². The van der Waals surface area contributed by atoms with Gasteiger partial charge in [0.25, 0.3) is 5.56 Å². The summed E-state index contributed by atoms with van der Waals surface area (Å²) in [5.41, 5.74) is 2.85. The van der Waals surface area contributed by atoms with Gasteiger partial charge in [0.2, 0.25) is 5.95 Å². The molecule has 0 radical (unpaired) electrons. The molecule has 0 bridgehead atoms. The third-order valence-electron chi connectivity index (χ3n) is 5.50. The Morgan fingerprint density at radius 1 is 1.30 bits per heavy atom. The van der Waals surface area contributed by atoms with E-state index >= 15 is 0 Å². The third-order valence-corrected chi connectivity index (χ3v) is 5.50. The highest BCUT2D eigenvalue weighted by molar-refractivity contribution is 5.78. The van der Waals surface area contributed by atoms with Crippen LogP contribution in [0.5, 0.6) is 5.75 Å². The van der Waals surface area contributed by atoms with Crippen LogP contribution in [-0.4, -0.2) is 32.3 Å². The van der Waals surface area contributed by atoms with Crippen molar-refractivity contribution in [1.29, 1.82) is 0 Å². The summed E-state index contributed by atoms with van der Waals surface area (Å²) in [5, 5.41) is 0. The van der Waals surface area contributed by atoms with E-state index in [2.05, 4.69) is 24.5 Å². The van der Waals surface area contributed by atoms with Crippen molar-refractivity contribution in [3.63, 3.8) is 0 Å². The molecular formula is C22H27N5O3. The topological polar surface area (TPSA) is 74.3 Å². The van der Waals surface area contributed by atoms with Crippen molar-refractivity contribution in [2.75, 3.05) is 18.6 Å². The maximum Gasteiger partial charge on any atom is 0.332 e. The number of nitrogens with zero attached hydrogens (tertiary/aromatic N) is 5. The average molecular weight is 409 g/mol. The summed E-state index contributed by atoms with van der Waals surface area (Å²) < 4.78 is 10.2. The summed E-state index contributed by atoms with van der Waals surface area (Å²) in [6.07, 6.45) is 0. The number of rotatable bonds is 4. The van der Waals surface area contributed by atoms with Gasteiger partial charge in [-0.25, -0.2) is 4.79 Å². The molecule has 8 nitrogen and oxygen atoms in total. The number of ether oxygens (including phenoxy) is 1. The van der Waals surface area contributed by atoms with E-state index in [4.69, 9.17) is 9.72 Å². The minimum absolute atomic E-state index is 0.187. The van der Waals surface area contributed by atoms with Crippen LogP contribution in [0, 0.1) is 12.8 Å². The van der Waals surface area contributed by atoms with Crippen LogP contribution in [0.4, 0.5) is 11.6 Å². The molecule has 4 rings (SSSR count). The fourth-order valence-corrected chi connectivity index (χ4v) is 4.13. The molecule has 1 aromatic carbocycles. The van der Waals surface area contributed by atoms with Crippen LogP contribution in [0.2, 0.25) is 0 Å². The smallest absolute Gasteiger partial charge is 0.332 e. The average Bonchev–Trinajstić information content (AvgIpc) is 3.08. The zero-order valence-corrected chi connectivity index (χ0v) is 18.1. The molecule has 0 unspecified atom stereocenters. The molecule has 158 valence electrons. The van der Waals surface area contributed by atoms with Crippen molar-refractivity contribution >= 4 is 22.8 Å². The second kappa shape index (κ2) is 7.19. The number of anilines is 2. The fraction of sp³-hybridized carbons (Fsp3) is 0.409. The molecule has 0 spiro atoms. The fourth-order valence-electron chi connectivity index (χ4n) is 4.13. The van der Waals surface area contributed by atoms with E-state index in [1.54, 1.807) is 21.1 Å². The first-order valence-electron chi connectivity index (χ1n) is 9.99. The quantitative estimate of drug-likeness (QED) is 0.619. The Balaban J connectivity index is 2.03. The van der Waals surface area contributed by atoms with E-state index in [9.17, 15) is 9.59 Å². The van der Waals surface area contributed by atoms with E-state index in [-0.39, 0.29) is 18.0 Å². The van der Waals surface area contributed by atoms with Gasteiger partial charge in [-0.3, -0.25) is 13.9 Å². The zero-order chi connectivity index (χ0) is 21.7. The maximum atomic E-state index is 13.3. The second-order valence-corrected chi connectivity index (χ2v) is 8.28. The van der Waals surface area contributed by atoms with Crippen molar-refractivity contribution in [2.24, 2.45) is 13.0 Å². The number of imidazole rings is 1. The van der Waals surface area contributed by atoms with Gasteiger partial charge in [0.15, 0.2) is 11.2 Å². The lowest BCUT2D eigenvalue weighted by atomic mass is 10.1. The Bertz CT molecular complexity index is 1280.